The number of unbranched alkanes of at least 4 members (excludes halogenated alkanes) is 1. The van der Waals surface area contributed by atoms with Crippen LogP contribution in [-0.4, -0.2) is 29.1 Å². The van der Waals surface area contributed by atoms with Crippen LogP contribution in [0.25, 0.3) is 0 Å². The lowest BCUT2D eigenvalue weighted by Crippen LogP contribution is -2.64. The number of ether oxygens (including phenoxy) is 1. The van der Waals surface area contributed by atoms with Gasteiger partial charge in [-0.3, -0.25) is 9.59 Å². The molecule has 5 heteroatoms. The van der Waals surface area contributed by atoms with Gasteiger partial charge in [0.2, 0.25) is 0 Å². The molecule has 0 aliphatic carbocycles. The molecule has 170 valence electrons. The van der Waals surface area contributed by atoms with Crippen molar-refractivity contribution in [2.24, 2.45) is 17.3 Å². The Morgan fingerprint density at radius 1 is 0.966 bits per heavy atom. The molecule has 1 aliphatic heterocycles. The van der Waals surface area contributed by atoms with Crippen molar-refractivity contribution in [1.29, 1.82) is 0 Å². The predicted molar refractivity (Wildman–Crippen MR) is 115 cm³/mol. The van der Waals surface area contributed by atoms with Gasteiger partial charge in [0.15, 0.2) is 11.4 Å². The molecule has 3 unspecified atom stereocenters. The van der Waals surface area contributed by atoms with Crippen LogP contribution in [-0.2, 0) is 24.1 Å². The van der Waals surface area contributed by atoms with Gasteiger partial charge in [0.25, 0.3) is 0 Å². The average molecular weight is 413 g/mol. The van der Waals surface area contributed by atoms with Crippen LogP contribution in [0.3, 0.4) is 0 Å². The van der Waals surface area contributed by atoms with E-state index in [1.54, 1.807) is 13.8 Å². The number of esters is 1. The fraction of sp³-hybridized carbons (Fsp3) is 0.917. The van der Waals surface area contributed by atoms with Gasteiger partial charge in [-0.05, 0) is 59.3 Å². The minimum absolute atomic E-state index is 0.218. The maximum absolute atomic E-state index is 13.6. The second-order valence-electron chi connectivity index (χ2n) is 10.9. The molecule has 0 aromatic carbocycles. The first kappa shape index (κ1) is 26.1. The molecule has 0 amide bonds. The highest BCUT2D eigenvalue weighted by Crippen LogP contribution is 2.43. The van der Waals surface area contributed by atoms with E-state index in [0.717, 1.165) is 38.5 Å². The summed E-state index contributed by atoms with van der Waals surface area (Å²) in [6, 6.07) is 0. The molecule has 1 rings (SSSR count). The van der Waals surface area contributed by atoms with E-state index < -0.39 is 22.6 Å². The van der Waals surface area contributed by atoms with E-state index in [2.05, 4.69) is 27.7 Å². The Morgan fingerprint density at radius 3 is 1.97 bits per heavy atom. The molecule has 5 nitrogen and oxygen atoms in total. The Bertz CT molecular complexity index is 548. The highest BCUT2D eigenvalue weighted by atomic mass is 17.3. The van der Waals surface area contributed by atoms with Crippen molar-refractivity contribution >= 4 is 11.8 Å². The Kier molecular flexibility index (Phi) is 9.35. The largest absolute Gasteiger partial charge is 0.459 e. The third-order valence-corrected chi connectivity index (χ3v) is 5.71. The lowest BCUT2D eigenvalue weighted by molar-refractivity contribution is -0.490. The number of rotatable bonds is 12. The smallest absolute Gasteiger partial charge is 0.319 e. The summed E-state index contributed by atoms with van der Waals surface area (Å²) in [7, 11) is 0. The number of hydrogen-bond donors (Lipinski definition) is 0. The molecule has 0 aromatic rings. The molecule has 0 radical (unpaired) electrons. The number of ketones is 1. The zero-order valence-corrected chi connectivity index (χ0v) is 20.2. The molecule has 1 saturated heterocycles. The van der Waals surface area contributed by atoms with Gasteiger partial charge < -0.3 is 4.74 Å². The van der Waals surface area contributed by atoms with Gasteiger partial charge in [0.1, 0.15) is 17.1 Å². The van der Waals surface area contributed by atoms with Crippen molar-refractivity contribution in [3.63, 3.8) is 0 Å². The third-order valence-electron chi connectivity index (χ3n) is 5.71. The standard InChI is InChI=1S/C24H44O5/c1-17(2)13-10-11-16-23(8,21(26)27-22(5,6)7)20(25)24(9)19(28-29-24)15-12-14-18(3)4/h17-19H,10-16H2,1-9H3. The molecule has 0 bridgehead atoms. The lowest BCUT2D eigenvalue weighted by atomic mass is 9.71. The van der Waals surface area contributed by atoms with E-state index in [-0.39, 0.29) is 11.9 Å². The molecule has 1 fully saturated rings. The SMILES string of the molecule is CC(C)CCCCC(C)(C(=O)OC(C)(C)C)C(=O)C1(C)OOC1CCCC(C)C. The Morgan fingerprint density at radius 2 is 1.52 bits per heavy atom. The van der Waals surface area contributed by atoms with E-state index in [4.69, 9.17) is 14.5 Å². The molecule has 0 aromatic heterocycles. The van der Waals surface area contributed by atoms with Crippen LogP contribution in [0, 0.1) is 17.3 Å². The minimum Gasteiger partial charge on any atom is -0.459 e. The molecule has 1 aliphatic rings. The van der Waals surface area contributed by atoms with Crippen molar-refractivity contribution in [2.75, 3.05) is 0 Å². The molecule has 29 heavy (non-hydrogen) atoms. The van der Waals surface area contributed by atoms with Crippen LogP contribution >= 0.6 is 0 Å². The summed E-state index contributed by atoms with van der Waals surface area (Å²) in [6.45, 7) is 17.7. The predicted octanol–water partition coefficient (Wildman–Crippen LogP) is 6.04. The van der Waals surface area contributed by atoms with Crippen LogP contribution in [0.4, 0.5) is 0 Å². The van der Waals surface area contributed by atoms with Crippen LogP contribution in [0.1, 0.15) is 107 Å². The van der Waals surface area contributed by atoms with Gasteiger partial charge in [-0.2, -0.15) is 0 Å². The molecule has 0 spiro atoms. The normalized spacial score (nSPS) is 24.3. The zero-order chi connectivity index (χ0) is 22.5. The summed E-state index contributed by atoms with van der Waals surface area (Å²) < 4.78 is 5.66. The monoisotopic (exact) mass is 412 g/mol. The van der Waals surface area contributed by atoms with Crippen LogP contribution < -0.4 is 0 Å². The maximum atomic E-state index is 13.6. The van der Waals surface area contributed by atoms with Crippen molar-refractivity contribution in [1.82, 2.24) is 0 Å². The van der Waals surface area contributed by atoms with Crippen molar-refractivity contribution in [3.8, 4) is 0 Å². The number of hydrogen-bond acceptors (Lipinski definition) is 5. The summed E-state index contributed by atoms with van der Waals surface area (Å²) in [6.07, 6.45) is 5.79. The Labute approximate surface area is 178 Å². The fourth-order valence-electron chi connectivity index (χ4n) is 3.76. The first-order valence-corrected chi connectivity index (χ1v) is 11.3. The summed E-state index contributed by atoms with van der Waals surface area (Å²) in [5.74, 6) is 0.525. The summed E-state index contributed by atoms with van der Waals surface area (Å²) in [5.41, 5.74) is -2.98. The Balaban J connectivity index is 2.94. The van der Waals surface area contributed by atoms with Gasteiger partial charge >= 0.3 is 5.97 Å². The number of carbonyl (C=O) groups is 2. The van der Waals surface area contributed by atoms with Crippen LogP contribution in [0.15, 0.2) is 0 Å². The molecule has 1 heterocycles. The fourth-order valence-corrected chi connectivity index (χ4v) is 3.76. The van der Waals surface area contributed by atoms with Gasteiger partial charge in [0, 0.05) is 0 Å². The number of carbonyl (C=O) groups excluding carboxylic acids is 2. The lowest BCUT2D eigenvalue weighted by Gasteiger charge is -2.47. The highest BCUT2D eigenvalue weighted by molar-refractivity contribution is 6.07. The topological polar surface area (TPSA) is 61.8 Å². The molecule has 0 N–H and O–H groups in total. The van der Waals surface area contributed by atoms with E-state index >= 15 is 0 Å². The second kappa shape index (κ2) is 10.4. The van der Waals surface area contributed by atoms with Crippen LogP contribution in [0.2, 0.25) is 0 Å². The van der Waals surface area contributed by atoms with Crippen LogP contribution in [0.5, 0.6) is 0 Å². The molecule has 0 saturated carbocycles. The molecular formula is C24H44O5. The van der Waals surface area contributed by atoms with E-state index in [0.29, 0.717) is 18.3 Å². The van der Waals surface area contributed by atoms with E-state index in [1.165, 1.54) is 0 Å². The quantitative estimate of drug-likeness (QED) is 0.169. The third kappa shape index (κ3) is 7.36. The molecule has 3 atom stereocenters. The van der Waals surface area contributed by atoms with Crippen molar-refractivity contribution < 1.29 is 24.1 Å². The first-order chi connectivity index (χ1) is 13.2. The minimum atomic E-state index is -1.24. The summed E-state index contributed by atoms with van der Waals surface area (Å²) in [5, 5.41) is 0. The van der Waals surface area contributed by atoms with E-state index in [1.807, 2.05) is 20.8 Å². The van der Waals surface area contributed by atoms with Crippen molar-refractivity contribution in [3.05, 3.63) is 0 Å². The van der Waals surface area contributed by atoms with Gasteiger partial charge in [-0.25, -0.2) is 9.78 Å². The average Bonchev–Trinajstić information content (AvgIpc) is 2.57. The highest BCUT2D eigenvalue weighted by Gasteiger charge is 2.60. The van der Waals surface area contributed by atoms with Gasteiger partial charge in [-0.15, -0.1) is 0 Å². The first-order valence-electron chi connectivity index (χ1n) is 11.3. The maximum Gasteiger partial charge on any atom is 0.319 e. The van der Waals surface area contributed by atoms with Crippen molar-refractivity contribution in [2.45, 2.75) is 125 Å². The Hall–Kier alpha value is -0.940. The second-order valence-corrected chi connectivity index (χ2v) is 10.9. The zero-order valence-electron chi connectivity index (χ0n) is 20.2. The summed E-state index contributed by atoms with van der Waals surface area (Å²) in [4.78, 5) is 37.4. The van der Waals surface area contributed by atoms with Gasteiger partial charge in [0.05, 0.1) is 0 Å². The summed E-state index contributed by atoms with van der Waals surface area (Å²) >= 11 is 0. The number of Topliss-reactive ketones (excluding diaryl/α,β-unsaturated/α-hetero) is 1. The molecular weight excluding hydrogens is 368 g/mol. The van der Waals surface area contributed by atoms with Gasteiger partial charge in [-0.1, -0.05) is 59.8 Å². The van der Waals surface area contributed by atoms with E-state index in [9.17, 15) is 9.59 Å².